The highest BCUT2D eigenvalue weighted by atomic mass is 16.5. The predicted molar refractivity (Wildman–Crippen MR) is 142 cm³/mol. The predicted octanol–water partition coefficient (Wildman–Crippen LogP) is 5.82. The van der Waals surface area contributed by atoms with Crippen LogP contribution in [0, 0.1) is 12.8 Å². The molecule has 0 saturated carbocycles. The molecular weight excluding hydrogens is 470 g/mol. The molecule has 0 aliphatic carbocycles. The Morgan fingerprint density at radius 2 is 1.81 bits per heavy atom. The van der Waals surface area contributed by atoms with Crippen molar-refractivity contribution in [1.82, 2.24) is 4.98 Å². The number of carbonyl (C=O) groups is 1. The molecule has 2 aromatic carbocycles. The molecule has 198 valence electrons. The molecule has 1 saturated heterocycles. The van der Waals surface area contributed by atoms with Crippen LogP contribution in [0.2, 0.25) is 0 Å². The highest BCUT2D eigenvalue weighted by Crippen LogP contribution is 2.32. The fourth-order valence-electron chi connectivity index (χ4n) is 4.39. The van der Waals surface area contributed by atoms with Crippen molar-refractivity contribution in [3.63, 3.8) is 0 Å². The number of rotatable bonds is 12. The molecule has 1 aliphatic heterocycles. The number of methoxy groups -OCH3 is 1. The number of ether oxygens (including phenoxy) is 5. The zero-order valence-corrected chi connectivity index (χ0v) is 22.1. The average molecular weight is 508 g/mol. The molecule has 0 bridgehead atoms. The largest absolute Gasteiger partial charge is 0.493 e. The van der Waals surface area contributed by atoms with Crippen molar-refractivity contribution < 1.29 is 28.5 Å². The second kappa shape index (κ2) is 13.3. The lowest BCUT2D eigenvalue weighted by Gasteiger charge is -2.22. The first kappa shape index (κ1) is 26.7. The Morgan fingerprint density at radius 3 is 2.57 bits per heavy atom. The van der Waals surface area contributed by atoms with Crippen molar-refractivity contribution in [1.29, 1.82) is 0 Å². The number of benzene rings is 2. The van der Waals surface area contributed by atoms with Gasteiger partial charge in [0, 0.05) is 30.2 Å². The van der Waals surface area contributed by atoms with Crippen molar-refractivity contribution in [2.75, 3.05) is 33.5 Å². The molecule has 7 nitrogen and oxygen atoms in total. The van der Waals surface area contributed by atoms with Gasteiger partial charge in [-0.15, -0.1) is 0 Å². The van der Waals surface area contributed by atoms with Crippen molar-refractivity contribution in [3.05, 3.63) is 59.3 Å². The summed E-state index contributed by atoms with van der Waals surface area (Å²) in [5.41, 5.74) is 3.43. The van der Waals surface area contributed by atoms with Gasteiger partial charge in [-0.25, -0.2) is 4.98 Å². The summed E-state index contributed by atoms with van der Waals surface area (Å²) in [6, 6.07) is 13.6. The summed E-state index contributed by atoms with van der Waals surface area (Å²) in [5, 5.41) is 1.00. The maximum absolute atomic E-state index is 12.0. The van der Waals surface area contributed by atoms with Gasteiger partial charge in [-0.3, -0.25) is 4.79 Å². The maximum atomic E-state index is 12.0. The van der Waals surface area contributed by atoms with Crippen LogP contribution in [-0.2, 0) is 27.3 Å². The minimum atomic E-state index is -0.312. The van der Waals surface area contributed by atoms with Gasteiger partial charge in [-0.1, -0.05) is 25.5 Å². The Labute approximate surface area is 219 Å². The van der Waals surface area contributed by atoms with Gasteiger partial charge in [0.1, 0.15) is 23.9 Å². The van der Waals surface area contributed by atoms with E-state index in [1.807, 2.05) is 49.4 Å². The van der Waals surface area contributed by atoms with E-state index in [2.05, 4.69) is 6.92 Å². The normalized spacial score (nSPS) is 13.9. The monoisotopic (exact) mass is 507 g/mol. The number of carbonyl (C=O) groups excluding carboxylic acids is 1. The minimum absolute atomic E-state index is 0.143. The topological polar surface area (TPSA) is 76.1 Å². The lowest BCUT2D eigenvalue weighted by atomic mass is 10.0. The minimum Gasteiger partial charge on any atom is -0.493 e. The zero-order chi connectivity index (χ0) is 26.0. The van der Waals surface area contributed by atoms with Gasteiger partial charge >= 0.3 is 5.97 Å². The van der Waals surface area contributed by atoms with E-state index in [1.54, 1.807) is 0 Å². The van der Waals surface area contributed by atoms with Crippen LogP contribution in [0.4, 0.5) is 0 Å². The van der Waals surface area contributed by atoms with Crippen LogP contribution in [-0.4, -0.2) is 44.5 Å². The third-order valence-electron chi connectivity index (χ3n) is 6.64. The van der Waals surface area contributed by atoms with Crippen molar-refractivity contribution in [2.45, 2.75) is 52.6 Å². The van der Waals surface area contributed by atoms with Crippen LogP contribution < -0.4 is 14.2 Å². The quantitative estimate of drug-likeness (QED) is 0.226. The second-order valence-electron chi connectivity index (χ2n) is 9.45. The molecule has 0 unspecified atom stereocenters. The number of aromatic nitrogens is 1. The van der Waals surface area contributed by atoms with Gasteiger partial charge in [0.15, 0.2) is 0 Å². The van der Waals surface area contributed by atoms with Gasteiger partial charge < -0.3 is 23.7 Å². The third kappa shape index (κ3) is 7.35. The Kier molecular flexibility index (Phi) is 9.60. The lowest BCUT2D eigenvalue weighted by Crippen LogP contribution is -2.21. The molecule has 0 N–H and O–H groups in total. The number of nitrogens with zero attached hydrogens (tertiary/aromatic N) is 1. The average Bonchev–Trinajstić information content (AvgIpc) is 2.92. The molecule has 7 heteroatoms. The van der Waals surface area contributed by atoms with Gasteiger partial charge in [0.05, 0.1) is 38.0 Å². The van der Waals surface area contributed by atoms with Crippen molar-refractivity contribution in [3.8, 4) is 17.2 Å². The van der Waals surface area contributed by atoms with E-state index in [4.69, 9.17) is 28.7 Å². The summed E-state index contributed by atoms with van der Waals surface area (Å²) in [6.45, 7) is 7.25. The third-order valence-corrected chi connectivity index (χ3v) is 6.64. The van der Waals surface area contributed by atoms with E-state index in [-0.39, 0.29) is 19.0 Å². The first-order valence-corrected chi connectivity index (χ1v) is 13.1. The van der Waals surface area contributed by atoms with E-state index < -0.39 is 0 Å². The number of para-hydroxylation sites is 1. The Balaban J connectivity index is 1.54. The summed E-state index contributed by atoms with van der Waals surface area (Å²) < 4.78 is 28.9. The second-order valence-corrected chi connectivity index (χ2v) is 9.45. The smallest absolute Gasteiger partial charge is 0.309 e. The first-order valence-electron chi connectivity index (χ1n) is 13.1. The highest BCUT2D eigenvalue weighted by Gasteiger charge is 2.17. The molecule has 0 amide bonds. The van der Waals surface area contributed by atoms with E-state index in [9.17, 15) is 4.79 Å². The van der Waals surface area contributed by atoms with E-state index in [0.29, 0.717) is 30.6 Å². The number of esters is 1. The van der Waals surface area contributed by atoms with E-state index in [1.165, 1.54) is 7.11 Å². The molecule has 2 heterocycles. The van der Waals surface area contributed by atoms with Crippen LogP contribution in [0.1, 0.15) is 49.4 Å². The molecule has 0 atom stereocenters. The Morgan fingerprint density at radius 1 is 1.05 bits per heavy atom. The van der Waals surface area contributed by atoms with Gasteiger partial charge in [0.25, 0.3) is 0 Å². The number of hydrogen-bond donors (Lipinski definition) is 0. The maximum Gasteiger partial charge on any atom is 0.309 e. The van der Waals surface area contributed by atoms with Crippen LogP contribution in [0.25, 0.3) is 10.9 Å². The summed E-state index contributed by atoms with van der Waals surface area (Å²) in [5.74, 6) is 2.30. The summed E-state index contributed by atoms with van der Waals surface area (Å²) in [6.07, 6.45) is 4.18. The van der Waals surface area contributed by atoms with Crippen LogP contribution >= 0.6 is 0 Å². The molecule has 1 aliphatic rings. The van der Waals surface area contributed by atoms with Gasteiger partial charge in [0.2, 0.25) is 0 Å². The first-order chi connectivity index (χ1) is 18.1. The highest BCUT2D eigenvalue weighted by molar-refractivity contribution is 5.86. The fourth-order valence-corrected chi connectivity index (χ4v) is 4.39. The van der Waals surface area contributed by atoms with E-state index >= 15 is 0 Å². The summed E-state index contributed by atoms with van der Waals surface area (Å²) in [7, 11) is 1.39. The molecule has 0 radical (unpaired) electrons. The van der Waals surface area contributed by atoms with Crippen molar-refractivity contribution >= 4 is 16.9 Å². The fraction of sp³-hybridized carbons (Fsp3) is 0.467. The zero-order valence-electron chi connectivity index (χ0n) is 22.1. The van der Waals surface area contributed by atoms with Crippen LogP contribution in [0.5, 0.6) is 17.2 Å². The molecule has 37 heavy (non-hydrogen) atoms. The standard InChI is InChI=1S/C30H37NO6/c1-4-5-12-35-30-21(2)28(31-27-9-7-6-8-26(27)30)20-37-25-16-23(17-29(32)33-3)15-24(18-25)36-19-22-10-13-34-14-11-22/h6-9,15-16,18,22H,4-5,10-14,17,19-20H2,1-3H3. The Hall–Kier alpha value is -3.32. The van der Waals surface area contributed by atoms with Crippen LogP contribution in [0.15, 0.2) is 42.5 Å². The summed E-state index contributed by atoms with van der Waals surface area (Å²) >= 11 is 0. The molecule has 3 aromatic rings. The van der Waals surface area contributed by atoms with Gasteiger partial charge in [-0.2, -0.15) is 0 Å². The Bertz CT molecular complexity index is 1190. The van der Waals surface area contributed by atoms with Gasteiger partial charge in [-0.05, 0) is 61.9 Å². The number of unbranched alkanes of at least 4 members (excludes halogenated alkanes) is 1. The van der Waals surface area contributed by atoms with E-state index in [0.717, 1.165) is 72.4 Å². The molecule has 0 spiro atoms. The van der Waals surface area contributed by atoms with Crippen LogP contribution in [0.3, 0.4) is 0 Å². The SMILES string of the molecule is CCCCOc1c(C)c(COc2cc(CC(=O)OC)cc(OCC3CCOCC3)c2)nc2ccccc12. The molecule has 1 aromatic heterocycles. The number of fused-ring (bicyclic) bond motifs is 1. The van der Waals surface area contributed by atoms with Crippen molar-refractivity contribution in [2.24, 2.45) is 5.92 Å². The molecule has 1 fully saturated rings. The molecule has 4 rings (SSSR count). The molecular formula is C30H37NO6. The number of hydrogen-bond acceptors (Lipinski definition) is 7. The summed E-state index contributed by atoms with van der Waals surface area (Å²) in [4.78, 5) is 16.8. The lowest BCUT2D eigenvalue weighted by molar-refractivity contribution is -0.139. The number of pyridine rings is 1.